The first-order chi connectivity index (χ1) is 47.9. The normalized spacial score (nSPS) is 14.7. The summed E-state index contributed by atoms with van der Waals surface area (Å²) in [7, 11) is 10.1. The molecule has 0 spiro atoms. The van der Waals surface area contributed by atoms with Crippen molar-refractivity contribution >= 4 is 0 Å². The molecule has 1 atom stereocenters. The fourth-order valence-corrected chi connectivity index (χ4v) is 13.1. The summed E-state index contributed by atoms with van der Waals surface area (Å²) in [6.45, 7) is 28.3. The zero-order valence-electron chi connectivity index (χ0n) is 70.4. The van der Waals surface area contributed by atoms with Crippen LogP contribution in [0.5, 0.6) is 0 Å². The summed E-state index contributed by atoms with van der Waals surface area (Å²) in [5.41, 5.74) is 30.8. The standard InChI is InChI=1S/C23H32N.2C17H22N.C16H20N.C15H18N/c1-17-10-6-9-13-20(17)22-14-21(18-11-7-8-12-18)19(16-24(22)5)15-23(2,3)4;1-11-9-7-8-10-16(11)17-14(4)12(2)13(3)15(5)18(17)6;1-12(2)15-10-11-17(18(5)14(15)4)16-9-7-6-8-13(16)3;1-11-8-6-7-9-15(11)16-10-12(2)13(3)14(4)17(16)5;1-11-9-13(3)16(4)15(10-11)14-8-6-5-7-12(14)2/h6,9-10,13-14,16,18H,7-8,11-12,15H2,1-5H3;7-10H,1-6H3;6-12H,1-5H3;6-10H,1-5H3;5-10H,1-4H3/q5*+1/i;3D3;1D3,12D;3D3;. The summed E-state index contributed by atoms with van der Waals surface area (Å²) in [6, 6.07) is 54.3. The molecule has 11 rings (SSSR count). The van der Waals surface area contributed by atoms with Gasteiger partial charge in [-0.15, -0.1) is 0 Å². The molecule has 93 heavy (non-hydrogen) atoms. The first-order valence-corrected chi connectivity index (χ1v) is 33.2. The van der Waals surface area contributed by atoms with E-state index in [2.05, 4.69) is 196 Å². The minimum Gasteiger partial charge on any atom is -0.201 e. The molecule has 1 unspecified atom stereocenters. The Kier molecular flexibility index (Phi) is 20.0. The van der Waals surface area contributed by atoms with Gasteiger partial charge in [-0.1, -0.05) is 138 Å². The molecule has 0 N–H and O–H groups in total. The van der Waals surface area contributed by atoms with Crippen LogP contribution in [0.3, 0.4) is 0 Å². The lowest BCUT2D eigenvalue weighted by Gasteiger charge is -2.22. The second kappa shape index (κ2) is 31.7. The monoisotopic (exact) mass is 1250 g/mol. The van der Waals surface area contributed by atoms with Crippen molar-refractivity contribution < 1.29 is 36.5 Å². The van der Waals surface area contributed by atoms with Crippen LogP contribution in [0.1, 0.15) is 186 Å². The van der Waals surface area contributed by atoms with Crippen molar-refractivity contribution in [2.24, 2.45) is 40.7 Å². The SMILES string of the molecule is Cc1cc(C)[n+](C)c(-c2ccccc2C)c1.Cc1ccccc1-c1cc(C2CCCC2)c(CC(C)(C)C)c[n+]1C.[2H]C([2H])([2H])C([2H])(C)c1ccc(-c2ccccc2C)[n+](C)c1C.[2H]C([2H])([2H])c1c(C)c(C)c(-c2ccccc2C)[n+](C)c1C.[2H]C([2H])([2H])c1c(C)cc(-c2ccccc2C)[n+](C)c1C. The molecular formula is C88H114N5+5. The number of aromatic nitrogens is 5. The summed E-state index contributed by atoms with van der Waals surface area (Å²) >= 11 is 0. The van der Waals surface area contributed by atoms with E-state index in [1.807, 2.05) is 131 Å². The topological polar surface area (TPSA) is 19.4 Å². The highest BCUT2D eigenvalue weighted by Crippen LogP contribution is 2.39. The Morgan fingerprint density at radius 3 is 1.35 bits per heavy atom. The first kappa shape index (κ1) is 58.7. The molecule has 0 aliphatic heterocycles. The molecule has 1 fully saturated rings. The smallest absolute Gasteiger partial charge is 0.201 e. The van der Waals surface area contributed by atoms with Gasteiger partial charge in [0.25, 0.3) is 0 Å². The molecule has 486 valence electrons. The van der Waals surface area contributed by atoms with Crippen LogP contribution in [0.4, 0.5) is 0 Å². The van der Waals surface area contributed by atoms with Crippen molar-refractivity contribution in [3.05, 3.63) is 265 Å². The summed E-state index contributed by atoms with van der Waals surface area (Å²) in [5, 5.41) is 0. The van der Waals surface area contributed by atoms with Gasteiger partial charge in [0.1, 0.15) is 35.2 Å². The number of aryl methyl sites for hydroxylation is 9. The van der Waals surface area contributed by atoms with Crippen LogP contribution in [0.15, 0.2) is 164 Å². The summed E-state index contributed by atoms with van der Waals surface area (Å²) in [6.07, 6.45) is 9.05. The Morgan fingerprint density at radius 1 is 0.441 bits per heavy atom. The average molecular weight is 1250 g/mol. The summed E-state index contributed by atoms with van der Waals surface area (Å²) in [5.74, 6) is -0.870. The number of hydrogen-bond acceptors (Lipinski definition) is 0. The van der Waals surface area contributed by atoms with Crippen LogP contribution in [-0.2, 0) is 41.7 Å². The molecule has 0 amide bonds. The maximum Gasteiger partial charge on any atom is 0.215 e. The van der Waals surface area contributed by atoms with Crippen LogP contribution >= 0.6 is 0 Å². The third kappa shape index (κ3) is 17.4. The molecule has 1 aliphatic rings. The van der Waals surface area contributed by atoms with Gasteiger partial charge < -0.3 is 0 Å². The molecule has 0 radical (unpaired) electrons. The zero-order chi connectivity index (χ0) is 76.8. The van der Waals surface area contributed by atoms with E-state index in [0.717, 1.165) is 85.4 Å². The second-order valence-corrected chi connectivity index (χ2v) is 27.4. The zero-order valence-corrected chi connectivity index (χ0v) is 60.4. The maximum absolute atomic E-state index is 8.30. The van der Waals surface area contributed by atoms with Crippen molar-refractivity contribution in [2.45, 2.75) is 182 Å². The molecule has 0 saturated heterocycles. The van der Waals surface area contributed by atoms with Crippen molar-refractivity contribution in [2.75, 3.05) is 0 Å². The first-order valence-electron chi connectivity index (χ1n) is 38.2. The van der Waals surface area contributed by atoms with Gasteiger partial charge in [-0.05, 0) is 199 Å². The van der Waals surface area contributed by atoms with E-state index in [4.69, 9.17) is 13.7 Å². The Labute approximate surface area is 577 Å². The largest absolute Gasteiger partial charge is 0.215 e. The summed E-state index contributed by atoms with van der Waals surface area (Å²) < 4.78 is 88.1. The Morgan fingerprint density at radius 2 is 0.882 bits per heavy atom. The molecule has 5 aromatic heterocycles. The van der Waals surface area contributed by atoms with Gasteiger partial charge in [0.05, 0.1) is 0 Å². The van der Waals surface area contributed by atoms with Crippen molar-refractivity contribution in [1.29, 1.82) is 0 Å². The van der Waals surface area contributed by atoms with Crippen LogP contribution in [0, 0.1) is 109 Å². The van der Waals surface area contributed by atoms with Gasteiger partial charge >= 0.3 is 0 Å². The molecule has 5 heteroatoms. The molecule has 5 nitrogen and oxygen atoms in total. The van der Waals surface area contributed by atoms with Gasteiger partial charge in [0, 0.05) is 127 Å². The molecule has 5 heterocycles. The predicted octanol–water partition coefficient (Wildman–Crippen LogP) is 19.9. The number of hydrogen-bond donors (Lipinski definition) is 0. The lowest BCUT2D eigenvalue weighted by Crippen LogP contribution is -2.37. The molecule has 1 saturated carbocycles. The van der Waals surface area contributed by atoms with E-state index in [0.29, 0.717) is 22.1 Å². The van der Waals surface area contributed by atoms with Gasteiger partial charge in [-0.2, -0.15) is 18.3 Å². The number of benzene rings is 5. The molecule has 10 aromatic rings. The van der Waals surface area contributed by atoms with Crippen LogP contribution in [0.25, 0.3) is 56.3 Å². The minimum atomic E-state index is -2.37. The lowest BCUT2D eigenvalue weighted by atomic mass is 9.83. The number of pyridine rings is 5. The number of nitrogens with zero attached hydrogens (tertiary/aromatic N) is 5. The Balaban J connectivity index is 0.000000181. The van der Waals surface area contributed by atoms with Crippen molar-refractivity contribution in [1.82, 2.24) is 0 Å². The van der Waals surface area contributed by atoms with E-state index in [-0.39, 0.29) is 0 Å². The van der Waals surface area contributed by atoms with E-state index in [9.17, 15) is 0 Å². The van der Waals surface area contributed by atoms with E-state index < -0.39 is 26.4 Å². The van der Waals surface area contributed by atoms with Crippen LogP contribution < -0.4 is 22.8 Å². The lowest BCUT2D eigenvalue weighted by molar-refractivity contribution is -0.667. The predicted molar refractivity (Wildman–Crippen MR) is 395 cm³/mol. The molecular weight excluding hydrogens is 1130 g/mol. The number of rotatable bonds is 8. The van der Waals surface area contributed by atoms with Crippen LogP contribution in [-0.4, -0.2) is 0 Å². The molecule has 1 aliphatic carbocycles. The fraction of sp³-hybridized carbons (Fsp3) is 0.375. The third-order valence-electron chi connectivity index (χ3n) is 19.2. The van der Waals surface area contributed by atoms with Gasteiger partial charge in [0.15, 0.2) is 29.0 Å². The van der Waals surface area contributed by atoms with Gasteiger partial charge in [0.2, 0.25) is 28.5 Å². The third-order valence-corrected chi connectivity index (χ3v) is 19.2. The molecule has 0 bridgehead atoms. The molecule has 5 aromatic carbocycles. The Bertz CT molecular complexity index is 4650. The second-order valence-electron chi connectivity index (χ2n) is 27.4. The highest BCUT2D eigenvalue weighted by Gasteiger charge is 2.28. The van der Waals surface area contributed by atoms with Gasteiger partial charge in [-0.3, -0.25) is 0 Å². The van der Waals surface area contributed by atoms with E-state index >= 15 is 0 Å². The quantitative estimate of drug-likeness (QED) is 0.135. The average Bonchev–Trinajstić information content (AvgIpc) is 0.804. The van der Waals surface area contributed by atoms with Gasteiger partial charge in [-0.25, -0.2) is 4.57 Å². The van der Waals surface area contributed by atoms with Crippen molar-refractivity contribution in [3.63, 3.8) is 0 Å². The minimum absolute atomic E-state index is 0.324. The Hall–Kier alpha value is -8.15. The maximum atomic E-state index is 8.30. The van der Waals surface area contributed by atoms with E-state index in [1.54, 1.807) is 17.2 Å². The highest BCUT2D eigenvalue weighted by molar-refractivity contribution is 5.67. The summed E-state index contributed by atoms with van der Waals surface area (Å²) in [4.78, 5) is 0. The highest BCUT2D eigenvalue weighted by atomic mass is 15.0. The van der Waals surface area contributed by atoms with Crippen molar-refractivity contribution in [3.8, 4) is 56.3 Å². The van der Waals surface area contributed by atoms with Crippen LogP contribution in [0.2, 0.25) is 0 Å². The van der Waals surface area contributed by atoms with E-state index in [1.165, 1.54) is 88.6 Å². The fourth-order valence-electron chi connectivity index (χ4n) is 13.1.